The molecule has 4 nitrogen and oxygen atoms in total. The Morgan fingerprint density at radius 1 is 1.38 bits per heavy atom. The van der Waals surface area contributed by atoms with Gasteiger partial charge in [0, 0.05) is 22.6 Å². The normalized spacial score (nSPS) is 16.0. The molecule has 6 heteroatoms. The molecule has 1 amide bonds. The molecule has 0 heterocycles. The quantitative estimate of drug-likeness (QED) is 0.808. The molecule has 1 aliphatic carbocycles. The number of hydrogen-bond acceptors (Lipinski definition) is 3. The van der Waals surface area contributed by atoms with Gasteiger partial charge in [-0.25, -0.2) is 0 Å². The summed E-state index contributed by atoms with van der Waals surface area (Å²) in [6, 6.07) is 5.45. The van der Waals surface area contributed by atoms with Crippen LogP contribution in [0.25, 0.3) is 0 Å². The predicted octanol–water partition coefficient (Wildman–Crippen LogP) is 2.63. The molecule has 0 spiro atoms. The molecule has 1 aromatic rings. The van der Waals surface area contributed by atoms with Crippen LogP contribution in [0.1, 0.15) is 31.4 Å². The summed E-state index contributed by atoms with van der Waals surface area (Å²) in [6.07, 6.45) is 1.52. The number of carbonyl (C=O) groups is 1. The van der Waals surface area contributed by atoms with Gasteiger partial charge in [0.05, 0.1) is 12.6 Å². The van der Waals surface area contributed by atoms with E-state index >= 15 is 0 Å². The molecule has 1 aromatic carbocycles. The van der Waals surface area contributed by atoms with E-state index in [-0.39, 0.29) is 12.5 Å². The zero-order valence-electron chi connectivity index (χ0n) is 12.0. The summed E-state index contributed by atoms with van der Waals surface area (Å²) in [5.41, 5.74) is 0.599. The summed E-state index contributed by atoms with van der Waals surface area (Å²) in [4.78, 5) is 14.0. The average molecular weight is 331 g/mol. The Bertz CT molecular complexity index is 486. The van der Waals surface area contributed by atoms with Gasteiger partial charge in [0.15, 0.2) is 0 Å². The number of halogens is 2. The number of carbonyl (C=O) groups excluding carboxylic acids is 1. The first-order valence-corrected chi connectivity index (χ1v) is 7.90. The van der Waals surface area contributed by atoms with Crippen molar-refractivity contribution in [1.29, 1.82) is 0 Å². The van der Waals surface area contributed by atoms with Crippen molar-refractivity contribution in [3.63, 3.8) is 0 Å². The number of likely N-dealkylation sites (N-methyl/N-ethyl adjacent to an activating group) is 1. The van der Waals surface area contributed by atoms with E-state index < -0.39 is 6.10 Å². The van der Waals surface area contributed by atoms with Gasteiger partial charge in [-0.2, -0.15) is 0 Å². The predicted molar refractivity (Wildman–Crippen MR) is 84.7 cm³/mol. The molecule has 0 saturated heterocycles. The second kappa shape index (κ2) is 7.45. The van der Waals surface area contributed by atoms with Crippen LogP contribution in [0.3, 0.4) is 0 Å². The zero-order valence-corrected chi connectivity index (χ0v) is 13.5. The molecule has 1 atom stereocenters. The number of aliphatic hydroxyl groups excluding tert-OH is 1. The fourth-order valence-corrected chi connectivity index (χ4v) is 2.82. The van der Waals surface area contributed by atoms with Gasteiger partial charge in [0.25, 0.3) is 0 Å². The van der Waals surface area contributed by atoms with Crippen molar-refractivity contribution < 1.29 is 9.90 Å². The molecule has 0 bridgehead atoms. The number of aliphatic hydroxyl groups is 1. The lowest BCUT2D eigenvalue weighted by Crippen LogP contribution is -2.39. The van der Waals surface area contributed by atoms with Crippen molar-refractivity contribution in [2.75, 3.05) is 19.6 Å². The van der Waals surface area contributed by atoms with Crippen LogP contribution in [0.15, 0.2) is 18.2 Å². The minimum Gasteiger partial charge on any atom is -0.387 e. The number of amides is 1. The molecule has 0 aliphatic heterocycles. The molecule has 2 rings (SSSR count). The van der Waals surface area contributed by atoms with Crippen LogP contribution in [0, 0.1) is 0 Å². The highest BCUT2D eigenvalue weighted by Crippen LogP contribution is 2.26. The summed E-state index contributed by atoms with van der Waals surface area (Å²) in [6.45, 7) is 3.45. The first-order valence-electron chi connectivity index (χ1n) is 7.14. The Morgan fingerprint density at radius 3 is 2.52 bits per heavy atom. The Balaban J connectivity index is 1.82. The van der Waals surface area contributed by atoms with Crippen LogP contribution >= 0.6 is 23.2 Å². The number of hydrogen-bond donors (Lipinski definition) is 2. The van der Waals surface area contributed by atoms with Crippen molar-refractivity contribution in [3.8, 4) is 0 Å². The van der Waals surface area contributed by atoms with E-state index in [1.807, 2.05) is 0 Å². The van der Waals surface area contributed by atoms with Gasteiger partial charge in [-0.05, 0) is 43.1 Å². The summed E-state index contributed by atoms with van der Waals surface area (Å²) in [7, 11) is 0. The first kappa shape index (κ1) is 16.6. The summed E-state index contributed by atoms with van der Waals surface area (Å²) < 4.78 is 0. The van der Waals surface area contributed by atoms with Gasteiger partial charge >= 0.3 is 0 Å². The van der Waals surface area contributed by atoms with E-state index in [1.54, 1.807) is 18.2 Å². The molecular formula is C15H20Cl2N2O2. The van der Waals surface area contributed by atoms with Crippen LogP contribution in [-0.2, 0) is 4.79 Å². The molecule has 2 N–H and O–H groups in total. The topological polar surface area (TPSA) is 52.6 Å². The number of nitrogens with one attached hydrogen (secondary N) is 1. The van der Waals surface area contributed by atoms with E-state index in [9.17, 15) is 9.90 Å². The lowest BCUT2D eigenvalue weighted by atomic mass is 10.1. The standard InChI is InChI=1S/C15H20Cl2N2O2/c1-2-19(13-3-4-13)9-15(21)18-8-14(20)10-5-11(16)7-12(17)6-10/h5-7,13-14,20H,2-4,8-9H2,1H3,(H,18,21). The van der Waals surface area contributed by atoms with Crippen molar-refractivity contribution in [2.24, 2.45) is 0 Å². The molecule has 1 unspecified atom stereocenters. The van der Waals surface area contributed by atoms with Gasteiger partial charge in [-0.3, -0.25) is 9.69 Å². The van der Waals surface area contributed by atoms with Crippen molar-refractivity contribution in [3.05, 3.63) is 33.8 Å². The van der Waals surface area contributed by atoms with E-state index in [4.69, 9.17) is 23.2 Å². The van der Waals surface area contributed by atoms with Gasteiger partial charge < -0.3 is 10.4 Å². The van der Waals surface area contributed by atoms with Gasteiger partial charge in [-0.1, -0.05) is 30.1 Å². The maximum Gasteiger partial charge on any atom is 0.234 e. The van der Waals surface area contributed by atoms with E-state index in [0.29, 0.717) is 28.2 Å². The van der Waals surface area contributed by atoms with Crippen LogP contribution in [-0.4, -0.2) is 41.6 Å². The van der Waals surface area contributed by atoms with Crippen molar-refractivity contribution >= 4 is 29.1 Å². The fraction of sp³-hybridized carbons (Fsp3) is 0.533. The van der Waals surface area contributed by atoms with Gasteiger partial charge in [-0.15, -0.1) is 0 Å². The van der Waals surface area contributed by atoms with Crippen LogP contribution in [0.5, 0.6) is 0 Å². The van der Waals surface area contributed by atoms with Gasteiger partial charge in [0.1, 0.15) is 0 Å². The third-order valence-corrected chi connectivity index (χ3v) is 4.01. The van der Waals surface area contributed by atoms with E-state index in [1.165, 1.54) is 12.8 Å². The third kappa shape index (κ3) is 5.15. The largest absolute Gasteiger partial charge is 0.387 e. The zero-order chi connectivity index (χ0) is 15.4. The molecule has 1 fully saturated rings. The highest BCUT2D eigenvalue weighted by Gasteiger charge is 2.28. The minimum absolute atomic E-state index is 0.0732. The molecule has 1 saturated carbocycles. The van der Waals surface area contributed by atoms with E-state index in [2.05, 4.69) is 17.1 Å². The summed E-state index contributed by atoms with van der Waals surface area (Å²) in [5.74, 6) is -0.0732. The molecule has 0 radical (unpaired) electrons. The van der Waals surface area contributed by atoms with Crippen molar-refractivity contribution in [2.45, 2.75) is 31.9 Å². The van der Waals surface area contributed by atoms with Crippen LogP contribution in [0.2, 0.25) is 10.0 Å². The Kier molecular flexibility index (Phi) is 5.88. The Hall–Kier alpha value is -0.810. The average Bonchev–Trinajstić information content (AvgIpc) is 3.25. The molecule has 116 valence electrons. The molecule has 0 aromatic heterocycles. The highest BCUT2D eigenvalue weighted by molar-refractivity contribution is 6.34. The third-order valence-electron chi connectivity index (χ3n) is 3.58. The Morgan fingerprint density at radius 2 is 2.00 bits per heavy atom. The SMILES string of the molecule is CCN(CC(=O)NCC(O)c1cc(Cl)cc(Cl)c1)C1CC1. The summed E-state index contributed by atoms with van der Waals surface area (Å²) in [5, 5.41) is 13.8. The fourth-order valence-electron chi connectivity index (χ4n) is 2.28. The smallest absolute Gasteiger partial charge is 0.234 e. The molecule has 1 aliphatic rings. The van der Waals surface area contributed by atoms with Crippen molar-refractivity contribution in [1.82, 2.24) is 10.2 Å². The van der Waals surface area contributed by atoms with Crippen LogP contribution < -0.4 is 5.32 Å². The number of benzene rings is 1. The monoisotopic (exact) mass is 330 g/mol. The molecule has 21 heavy (non-hydrogen) atoms. The number of nitrogens with zero attached hydrogens (tertiary/aromatic N) is 1. The first-order chi connectivity index (χ1) is 9.99. The second-order valence-electron chi connectivity index (χ2n) is 5.32. The van der Waals surface area contributed by atoms with Crippen LogP contribution in [0.4, 0.5) is 0 Å². The lowest BCUT2D eigenvalue weighted by Gasteiger charge is -2.20. The molecular weight excluding hydrogens is 311 g/mol. The summed E-state index contributed by atoms with van der Waals surface area (Å²) >= 11 is 11.8. The second-order valence-corrected chi connectivity index (χ2v) is 6.19. The van der Waals surface area contributed by atoms with Gasteiger partial charge in [0.2, 0.25) is 5.91 Å². The number of rotatable bonds is 7. The minimum atomic E-state index is -0.818. The Labute approximate surface area is 135 Å². The highest BCUT2D eigenvalue weighted by atomic mass is 35.5. The maximum atomic E-state index is 11.9. The van der Waals surface area contributed by atoms with E-state index in [0.717, 1.165) is 6.54 Å². The lowest BCUT2D eigenvalue weighted by molar-refractivity contribution is -0.122. The maximum absolute atomic E-state index is 11.9.